The Kier molecular flexibility index (Phi) is 7.88. The molecule has 2 aromatic heterocycles. The number of aryl methyl sites for hydroxylation is 1. The second kappa shape index (κ2) is 10.8. The third-order valence-corrected chi connectivity index (χ3v) is 6.77. The van der Waals surface area contributed by atoms with Gasteiger partial charge in [0, 0.05) is 41.7 Å². The SMILES string of the molecule is CS(=O)(=O)O.Cc1nc2n(c(=O)c1CCN1CCC(c3noc4cc(F)ccc34)CC1)CCCC2O. The van der Waals surface area contributed by atoms with Gasteiger partial charge in [0.2, 0.25) is 0 Å². The van der Waals surface area contributed by atoms with E-state index in [1.807, 2.05) is 6.92 Å². The number of halogens is 1. The zero-order valence-electron chi connectivity index (χ0n) is 20.4. The van der Waals surface area contributed by atoms with Crippen molar-refractivity contribution >= 4 is 21.1 Å². The van der Waals surface area contributed by atoms with Crippen molar-refractivity contribution in [1.82, 2.24) is 19.6 Å². The molecule has 0 bridgehead atoms. The molecule has 1 unspecified atom stereocenters. The lowest BCUT2D eigenvalue weighted by Gasteiger charge is -2.31. The molecule has 0 radical (unpaired) electrons. The molecule has 1 saturated heterocycles. The van der Waals surface area contributed by atoms with E-state index < -0.39 is 16.2 Å². The first kappa shape index (κ1) is 26.4. The lowest BCUT2D eigenvalue weighted by atomic mass is 9.91. The summed E-state index contributed by atoms with van der Waals surface area (Å²) in [5.74, 6) is 0.489. The standard InChI is InChI=1S/C23H27FN4O3.CH4O3S/c1-14-17(23(30)28-9-2-3-19(29)22(28)25-14)8-12-27-10-6-15(7-11-27)21-18-5-4-16(24)13-20(18)31-26-21;1-5(2,3)4/h4-5,13,15,19,29H,2-3,6-12H2,1H3;1H3,(H,2,3,4). The fourth-order valence-electron chi connectivity index (χ4n) is 4.98. The lowest BCUT2D eigenvalue weighted by Crippen LogP contribution is -2.37. The molecule has 0 spiro atoms. The first-order chi connectivity index (χ1) is 17.0. The van der Waals surface area contributed by atoms with E-state index in [1.54, 1.807) is 10.6 Å². The molecule has 0 amide bonds. The van der Waals surface area contributed by atoms with Crippen molar-refractivity contribution in [2.45, 2.75) is 57.6 Å². The molecule has 4 heterocycles. The summed E-state index contributed by atoms with van der Waals surface area (Å²) in [6.45, 7) is 5.13. The molecular weight excluding hydrogens is 491 g/mol. The zero-order chi connectivity index (χ0) is 26.0. The summed E-state index contributed by atoms with van der Waals surface area (Å²) in [6, 6.07) is 4.58. The maximum atomic E-state index is 13.4. The van der Waals surface area contributed by atoms with E-state index in [4.69, 9.17) is 9.08 Å². The third-order valence-electron chi connectivity index (χ3n) is 6.77. The number of piperidine rings is 1. The van der Waals surface area contributed by atoms with Crippen molar-refractivity contribution in [2.75, 3.05) is 25.9 Å². The molecule has 0 aliphatic carbocycles. The number of aromatic nitrogens is 3. The minimum atomic E-state index is -3.67. The quantitative estimate of drug-likeness (QED) is 0.495. The molecular formula is C24H31FN4O6S. The lowest BCUT2D eigenvalue weighted by molar-refractivity contribution is 0.129. The molecule has 0 saturated carbocycles. The molecule has 5 rings (SSSR count). The first-order valence-corrected chi connectivity index (χ1v) is 13.8. The van der Waals surface area contributed by atoms with Crippen molar-refractivity contribution < 1.29 is 27.0 Å². The van der Waals surface area contributed by atoms with E-state index in [0.717, 1.165) is 61.2 Å². The Hall–Kier alpha value is -2.67. The van der Waals surface area contributed by atoms with Gasteiger partial charge in [-0.05, 0) is 64.3 Å². The van der Waals surface area contributed by atoms with Crippen molar-refractivity contribution in [3.8, 4) is 0 Å². The highest BCUT2D eigenvalue weighted by atomic mass is 32.2. The highest BCUT2D eigenvalue weighted by Crippen LogP contribution is 2.32. The molecule has 3 aromatic rings. The number of hydrogen-bond acceptors (Lipinski definition) is 8. The fraction of sp³-hybridized carbons (Fsp3) is 0.542. The topological polar surface area (TPSA) is 139 Å². The predicted octanol–water partition coefficient (Wildman–Crippen LogP) is 2.59. The summed E-state index contributed by atoms with van der Waals surface area (Å²) >= 11 is 0. The molecule has 12 heteroatoms. The Morgan fingerprint density at radius 2 is 1.89 bits per heavy atom. The summed E-state index contributed by atoms with van der Waals surface area (Å²) in [4.78, 5) is 19.9. The number of benzene rings is 1. The van der Waals surface area contributed by atoms with E-state index in [1.165, 1.54) is 12.1 Å². The second-order valence-electron chi connectivity index (χ2n) is 9.46. The summed E-state index contributed by atoms with van der Waals surface area (Å²) in [5, 5.41) is 15.3. The number of aliphatic hydroxyl groups is 1. The number of likely N-dealkylation sites (tertiary alicyclic amines) is 1. The van der Waals surface area contributed by atoms with Crippen LogP contribution in [-0.2, 0) is 23.1 Å². The largest absolute Gasteiger partial charge is 0.385 e. The summed E-state index contributed by atoms with van der Waals surface area (Å²) in [5.41, 5.74) is 2.90. The van der Waals surface area contributed by atoms with Crippen LogP contribution >= 0.6 is 0 Å². The van der Waals surface area contributed by atoms with Crippen LogP contribution in [0.15, 0.2) is 27.5 Å². The number of hydrogen-bond donors (Lipinski definition) is 2. The van der Waals surface area contributed by atoms with Crippen LogP contribution in [0.2, 0.25) is 0 Å². The number of fused-ring (bicyclic) bond motifs is 2. The Bertz CT molecular complexity index is 1390. The fourth-order valence-corrected chi connectivity index (χ4v) is 4.98. The van der Waals surface area contributed by atoms with E-state index in [-0.39, 0.29) is 11.4 Å². The summed E-state index contributed by atoms with van der Waals surface area (Å²) in [6.07, 6.45) is 4.09. The smallest absolute Gasteiger partial charge is 0.261 e. The van der Waals surface area contributed by atoms with E-state index in [9.17, 15) is 22.7 Å². The number of nitrogens with zero attached hydrogens (tertiary/aromatic N) is 4. The molecule has 10 nitrogen and oxygen atoms in total. The zero-order valence-corrected chi connectivity index (χ0v) is 21.2. The Balaban J connectivity index is 0.000000556. The molecule has 1 fully saturated rings. The Morgan fingerprint density at radius 3 is 2.58 bits per heavy atom. The van der Waals surface area contributed by atoms with Gasteiger partial charge < -0.3 is 14.5 Å². The molecule has 1 aromatic carbocycles. The van der Waals surface area contributed by atoms with Crippen LogP contribution in [0.3, 0.4) is 0 Å². The monoisotopic (exact) mass is 522 g/mol. The highest BCUT2D eigenvalue weighted by Gasteiger charge is 2.26. The van der Waals surface area contributed by atoms with E-state index >= 15 is 0 Å². The second-order valence-corrected chi connectivity index (χ2v) is 10.9. The summed E-state index contributed by atoms with van der Waals surface area (Å²) in [7, 11) is -3.67. The van der Waals surface area contributed by atoms with Gasteiger partial charge in [0.25, 0.3) is 15.7 Å². The van der Waals surface area contributed by atoms with Crippen molar-refractivity contribution in [2.24, 2.45) is 0 Å². The average molecular weight is 523 g/mol. The van der Waals surface area contributed by atoms with Gasteiger partial charge in [0.1, 0.15) is 17.7 Å². The molecule has 2 aliphatic rings. The van der Waals surface area contributed by atoms with Crippen LogP contribution in [0.4, 0.5) is 4.39 Å². The minimum Gasteiger partial charge on any atom is -0.385 e. The van der Waals surface area contributed by atoms with E-state index in [0.29, 0.717) is 43.0 Å². The molecule has 196 valence electrons. The van der Waals surface area contributed by atoms with Crippen LogP contribution in [0, 0.1) is 12.7 Å². The van der Waals surface area contributed by atoms with Crippen molar-refractivity contribution in [3.05, 3.63) is 57.1 Å². The van der Waals surface area contributed by atoms with Crippen LogP contribution in [0.5, 0.6) is 0 Å². The number of aliphatic hydroxyl groups excluding tert-OH is 1. The molecule has 2 aliphatic heterocycles. The number of rotatable bonds is 4. The third kappa shape index (κ3) is 6.17. The molecule has 1 atom stereocenters. The highest BCUT2D eigenvalue weighted by molar-refractivity contribution is 7.85. The maximum absolute atomic E-state index is 13.4. The van der Waals surface area contributed by atoms with Crippen LogP contribution in [0.1, 0.15) is 60.5 Å². The van der Waals surface area contributed by atoms with Gasteiger partial charge in [-0.15, -0.1) is 0 Å². The Labute approximate surface area is 208 Å². The van der Waals surface area contributed by atoms with Gasteiger partial charge in [-0.1, -0.05) is 5.16 Å². The van der Waals surface area contributed by atoms with Crippen molar-refractivity contribution in [1.29, 1.82) is 0 Å². The molecule has 2 N–H and O–H groups in total. The van der Waals surface area contributed by atoms with Gasteiger partial charge in [-0.2, -0.15) is 8.42 Å². The molecule has 36 heavy (non-hydrogen) atoms. The maximum Gasteiger partial charge on any atom is 0.261 e. The summed E-state index contributed by atoms with van der Waals surface area (Å²) < 4.78 is 46.2. The normalized spacial score (nSPS) is 19.1. The van der Waals surface area contributed by atoms with Crippen molar-refractivity contribution in [3.63, 3.8) is 0 Å². The van der Waals surface area contributed by atoms with E-state index in [2.05, 4.69) is 15.0 Å². The predicted molar refractivity (Wildman–Crippen MR) is 131 cm³/mol. The van der Waals surface area contributed by atoms with Gasteiger partial charge in [0.15, 0.2) is 5.58 Å². The van der Waals surface area contributed by atoms with Crippen LogP contribution < -0.4 is 5.56 Å². The average Bonchev–Trinajstić information content (AvgIpc) is 3.22. The van der Waals surface area contributed by atoms with Crippen LogP contribution in [0.25, 0.3) is 11.0 Å². The van der Waals surface area contributed by atoms with Gasteiger partial charge in [-0.3, -0.25) is 13.9 Å². The van der Waals surface area contributed by atoms with Gasteiger partial charge in [-0.25, -0.2) is 9.37 Å². The van der Waals surface area contributed by atoms with Gasteiger partial charge >= 0.3 is 0 Å². The van der Waals surface area contributed by atoms with Crippen LogP contribution in [-0.4, -0.2) is 63.6 Å². The Morgan fingerprint density at radius 1 is 1.19 bits per heavy atom. The minimum absolute atomic E-state index is 0.00237. The first-order valence-electron chi connectivity index (χ1n) is 12.0. The van der Waals surface area contributed by atoms with Gasteiger partial charge in [0.05, 0.1) is 11.9 Å².